The zero-order chi connectivity index (χ0) is 25.5. The third kappa shape index (κ3) is 4.21. The number of carbonyl (C=O) groups excluding carboxylic acids is 1. The van der Waals surface area contributed by atoms with Gasteiger partial charge >= 0.3 is 0 Å². The molecule has 0 saturated carbocycles. The van der Waals surface area contributed by atoms with E-state index in [2.05, 4.69) is 32.8 Å². The predicted molar refractivity (Wildman–Crippen MR) is 140 cm³/mol. The Morgan fingerprint density at radius 1 is 1.19 bits per heavy atom. The van der Waals surface area contributed by atoms with Gasteiger partial charge in [0.2, 0.25) is 5.91 Å². The Morgan fingerprint density at radius 2 is 2.08 bits per heavy atom. The third-order valence-electron chi connectivity index (χ3n) is 6.82. The molecule has 10 heteroatoms. The molecule has 0 bridgehead atoms. The van der Waals surface area contributed by atoms with Gasteiger partial charge in [0, 0.05) is 48.5 Å². The van der Waals surface area contributed by atoms with Gasteiger partial charge in [-0.3, -0.25) is 4.79 Å². The summed E-state index contributed by atoms with van der Waals surface area (Å²) >= 11 is 6.68. The van der Waals surface area contributed by atoms with Gasteiger partial charge in [-0.1, -0.05) is 18.2 Å². The highest BCUT2D eigenvalue weighted by Crippen LogP contribution is 2.37. The van der Waals surface area contributed by atoms with Gasteiger partial charge in [-0.15, -0.1) is 0 Å². The first kappa shape index (κ1) is 23.2. The number of hydrogen-bond donors (Lipinski definition) is 0. The Bertz CT molecular complexity index is 1660. The number of amides is 1. The Morgan fingerprint density at radius 3 is 2.92 bits per heavy atom. The number of piperidine rings is 1. The average molecular weight is 514 g/mol. The molecule has 1 fully saturated rings. The summed E-state index contributed by atoms with van der Waals surface area (Å²) in [6.45, 7) is 7.03. The highest BCUT2D eigenvalue weighted by atomic mass is 35.5. The normalized spacial score (nSPS) is 15.8. The molecule has 1 aliphatic rings. The number of benzene rings is 1. The van der Waals surface area contributed by atoms with E-state index in [1.165, 1.54) is 12.4 Å². The van der Waals surface area contributed by atoms with Crippen molar-refractivity contribution in [3.63, 3.8) is 0 Å². The van der Waals surface area contributed by atoms with Crippen LogP contribution in [-0.4, -0.2) is 53.0 Å². The maximum atomic E-state index is 12.3. The number of pyridine rings is 1. The molecule has 186 valence electrons. The first-order chi connectivity index (χ1) is 18.0. The van der Waals surface area contributed by atoms with Gasteiger partial charge in [0.1, 0.15) is 29.8 Å². The van der Waals surface area contributed by atoms with E-state index in [0.717, 1.165) is 47.4 Å². The second-order valence-corrected chi connectivity index (χ2v) is 9.49. The first-order valence-electron chi connectivity index (χ1n) is 12.0. The number of aryl methyl sites for hydroxylation is 1. The van der Waals surface area contributed by atoms with E-state index in [9.17, 15) is 4.79 Å². The molecule has 0 aliphatic carbocycles. The second kappa shape index (κ2) is 9.33. The lowest BCUT2D eigenvalue weighted by Crippen LogP contribution is -2.38. The molecule has 1 atom stereocenters. The van der Waals surface area contributed by atoms with Gasteiger partial charge < -0.3 is 14.2 Å². The molecule has 0 radical (unpaired) electrons. The fourth-order valence-corrected chi connectivity index (χ4v) is 5.24. The number of aromatic nitrogens is 6. The smallest absolute Gasteiger partial charge is 0.245 e. The standard InChI is InChI=1S/C27H24ClN7O2/c1-3-25(36)33-9-4-5-18(13-33)21-14-34(27-26(21)17(2)29-15-31-27)19-6-7-23(22(28)11-19)37-20-8-10-35-24(12-20)30-16-32-35/h3,6-8,10-12,14-16,18H,1,4-5,9,13H2,2H3. The van der Waals surface area contributed by atoms with E-state index < -0.39 is 0 Å². The summed E-state index contributed by atoms with van der Waals surface area (Å²) in [5, 5.41) is 5.58. The molecule has 1 aliphatic heterocycles. The highest BCUT2D eigenvalue weighted by Gasteiger charge is 2.27. The minimum atomic E-state index is -0.0352. The van der Waals surface area contributed by atoms with Gasteiger partial charge in [0.05, 0.1) is 10.7 Å². The topological polar surface area (TPSA) is 90.4 Å². The van der Waals surface area contributed by atoms with E-state index in [4.69, 9.17) is 16.3 Å². The van der Waals surface area contributed by atoms with Crippen molar-refractivity contribution in [3.8, 4) is 17.2 Å². The summed E-state index contributed by atoms with van der Waals surface area (Å²) in [6.07, 6.45) is 10.3. The first-order valence-corrected chi connectivity index (χ1v) is 12.4. The SMILES string of the molecule is C=CC(=O)N1CCCC(c2cn(-c3ccc(Oc4ccn5ncnc5c4)c(Cl)c3)c3ncnc(C)c23)C1. The largest absolute Gasteiger partial charge is 0.456 e. The lowest BCUT2D eigenvalue weighted by Gasteiger charge is -2.32. The molecular weight excluding hydrogens is 490 g/mol. The quantitative estimate of drug-likeness (QED) is 0.303. The summed E-state index contributed by atoms with van der Waals surface area (Å²) in [7, 11) is 0. The van der Waals surface area contributed by atoms with Crippen LogP contribution in [0.25, 0.3) is 22.4 Å². The molecule has 37 heavy (non-hydrogen) atoms. The van der Waals surface area contributed by atoms with Gasteiger partial charge in [0.25, 0.3) is 0 Å². The van der Waals surface area contributed by atoms with Crippen molar-refractivity contribution < 1.29 is 9.53 Å². The summed E-state index contributed by atoms with van der Waals surface area (Å²) in [5.74, 6) is 1.29. The minimum absolute atomic E-state index is 0.0352. The Labute approximate surface area is 218 Å². The van der Waals surface area contributed by atoms with Gasteiger partial charge in [-0.2, -0.15) is 5.10 Å². The number of rotatable bonds is 5. The molecule has 1 unspecified atom stereocenters. The van der Waals surface area contributed by atoms with Crippen LogP contribution in [-0.2, 0) is 4.79 Å². The summed E-state index contributed by atoms with van der Waals surface area (Å²) in [4.78, 5) is 27.4. The van der Waals surface area contributed by atoms with Crippen molar-refractivity contribution in [2.45, 2.75) is 25.7 Å². The lowest BCUT2D eigenvalue weighted by molar-refractivity contribution is -0.127. The van der Waals surface area contributed by atoms with Crippen LogP contribution in [0.15, 0.2) is 68.0 Å². The number of nitrogens with zero attached hydrogens (tertiary/aromatic N) is 7. The van der Waals surface area contributed by atoms with Crippen LogP contribution in [0.2, 0.25) is 5.02 Å². The second-order valence-electron chi connectivity index (χ2n) is 9.08. The molecule has 9 nitrogen and oxygen atoms in total. The molecule has 4 aromatic heterocycles. The van der Waals surface area contributed by atoms with Gasteiger partial charge in [-0.25, -0.2) is 19.5 Å². The zero-order valence-electron chi connectivity index (χ0n) is 20.2. The molecule has 1 amide bonds. The number of hydrogen-bond acceptors (Lipinski definition) is 6. The van der Waals surface area contributed by atoms with Gasteiger partial charge in [0.15, 0.2) is 5.65 Å². The summed E-state index contributed by atoms with van der Waals surface area (Å²) in [5.41, 5.74) is 4.38. The van der Waals surface area contributed by atoms with E-state index in [1.807, 2.05) is 40.7 Å². The molecule has 5 heterocycles. The maximum absolute atomic E-state index is 12.3. The van der Waals surface area contributed by atoms with Crippen molar-refractivity contribution in [1.29, 1.82) is 0 Å². The number of halogens is 1. The van der Waals surface area contributed by atoms with E-state index in [0.29, 0.717) is 28.7 Å². The van der Waals surface area contributed by atoms with Crippen LogP contribution in [0.4, 0.5) is 0 Å². The molecular formula is C27H24ClN7O2. The van der Waals surface area contributed by atoms with Crippen LogP contribution in [0.1, 0.15) is 30.0 Å². The Kier molecular flexibility index (Phi) is 5.84. The molecule has 0 spiro atoms. The Balaban J connectivity index is 1.36. The molecule has 1 aromatic carbocycles. The zero-order valence-corrected chi connectivity index (χ0v) is 21.0. The lowest BCUT2D eigenvalue weighted by atomic mass is 9.90. The van der Waals surface area contributed by atoms with Crippen LogP contribution >= 0.6 is 11.6 Å². The highest BCUT2D eigenvalue weighted by molar-refractivity contribution is 6.32. The maximum Gasteiger partial charge on any atom is 0.245 e. The van der Waals surface area contributed by atoms with E-state index in [1.54, 1.807) is 23.1 Å². The predicted octanol–water partition coefficient (Wildman–Crippen LogP) is 5.11. The van der Waals surface area contributed by atoms with Crippen LogP contribution < -0.4 is 4.74 Å². The van der Waals surface area contributed by atoms with Crippen molar-refractivity contribution >= 4 is 34.2 Å². The van der Waals surface area contributed by atoms with E-state index in [-0.39, 0.29) is 11.8 Å². The monoisotopic (exact) mass is 513 g/mol. The number of carbonyl (C=O) groups is 1. The van der Waals surface area contributed by atoms with E-state index >= 15 is 0 Å². The molecule has 6 rings (SSSR count). The fraction of sp³-hybridized carbons (Fsp3) is 0.222. The molecule has 5 aromatic rings. The van der Waals surface area contributed by atoms with Crippen LogP contribution in [0, 0.1) is 6.92 Å². The average Bonchev–Trinajstić information content (AvgIpc) is 3.55. The number of fused-ring (bicyclic) bond motifs is 2. The van der Waals surface area contributed by atoms with Gasteiger partial charge in [-0.05, 0) is 55.7 Å². The van der Waals surface area contributed by atoms with Crippen molar-refractivity contribution in [1.82, 2.24) is 34.0 Å². The Hall–Kier alpha value is -4.24. The van der Waals surface area contributed by atoms with Crippen molar-refractivity contribution in [2.75, 3.05) is 13.1 Å². The number of likely N-dealkylation sites (tertiary alicyclic amines) is 1. The molecule has 1 saturated heterocycles. The van der Waals surface area contributed by atoms with Crippen molar-refractivity contribution in [3.05, 3.63) is 84.3 Å². The fourth-order valence-electron chi connectivity index (χ4n) is 5.02. The summed E-state index contributed by atoms with van der Waals surface area (Å²) < 4.78 is 9.73. The van der Waals surface area contributed by atoms with Crippen LogP contribution in [0.5, 0.6) is 11.5 Å². The minimum Gasteiger partial charge on any atom is -0.456 e. The summed E-state index contributed by atoms with van der Waals surface area (Å²) in [6, 6.07) is 9.26. The van der Waals surface area contributed by atoms with Crippen molar-refractivity contribution in [2.24, 2.45) is 0 Å². The number of ether oxygens (including phenoxy) is 1. The van der Waals surface area contributed by atoms with Crippen LogP contribution in [0.3, 0.4) is 0 Å². The third-order valence-corrected chi connectivity index (χ3v) is 7.12. The molecule has 0 N–H and O–H groups in total.